The summed E-state index contributed by atoms with van der Waals surface area (Å²) in [5.74, 6) is 0.772. The van der Waals surface area contributed by atoms with Gasteiger partial charge in [0.25, 0.3) is 0 Å². The highest BCUT2D eigenvalue weighted by Gasteiger charge is 2.08. The lowest BCUT2D eigenvalue weighted by atomic mass is 10.1. The minimum atomic E-state index is 0.772. The van der Waals surface area contributed by atoms with E-state index in [1.165, 1.54) is 11.1 Å². The summed E-state index contributed by atoms with van der Waals surface area (Å²) in [6.45, 7) is 8.82. The molecule has 0 spiro atoms. The number of nitrogens with one attached hydrogen (secondary N) is 1. The number of nitrogens with zero attached hydrogens (tertiary/aromatic N) is 3. The molecule has 0 amide bonds. The second-order valence-electron chi connectivity index (χ2n) is 5.40. The van der Waals surface area contributed by atoms with Crippen molar-refractivity contribution in [3.63, 3.8) is 0 Å². The molecule has 0 fully saturated rings. The summed E-state index contributed by atoms with van der Waals surface area (Å²) in [4.78, 5) is 11.2. The quantitative estimate of drug-likeness (QED) is 0.885. The highest BCUT2D eigenvalue weighted by Crippen LogP contribution is 2.13. The molecule has 4 heteroatoms. The molecule has 1 N–H and O–H groups in total. The second-order valence-corrected chi connectivity index (χ2v) is 5.40. The minimum Gasteiger partial charge on any atom is -0.340 e. The van der Waals surface area contributed by atoms with Crippen molar-refractivity contribution >= 4 is 5.95 Å². The monoisotopic (exact) mass is 284 g/mol. The van der Waals surface area contributed by atoms with Gasteiger partial charge >= 0.3 is 0 Å². The molecular formula is C17H24N4. The number of aromatic nitrogens is 2. The maximum Gasteiger partial charge on any atom is 0.225 e. The van der Waals surface area contributed by atoms with Crippen LogP contribution in [-0.4, -0.2) is 23.6 Å². The molecule has 0 saturated carbocycles. The molecule has 2 rings (SSSR count). The van der Waals surface area contributed by atoms with Crippen molar-refractivity contribution < 1.29 is 0 Å². The number of hydrogen-bond acceptors (Lipinski definition) is 4. The van der Waals surface area contributed by atoms with Gasteiger partial charge in [-0.2, -0.15) is 0 Å². The van der Waals surface area contributed by atoms with E-state index in [2.05, 4.69) is 58.3 Å². The van der Waals surface area contributed by atoms with Crippen LogP contribution in [0.2, 0.25) is 0 Å². The van der Waals surface area contributed by atoms with Crippen LogP contribution >= 0.6 is 0 Å². The first kappa shape index (κ1) is 15.4. The molecule has 21 heavy (non-hydrogen) atoms. The van der Waals surface area contributed by atoms with Crippen LogP contribution in [0.4, 0.5) is 5.95 Å². The molecule has 1 aromatic heterocycles. The van der Waals surface area contributed by atoms with E-state index < -0.39 is 0 Å². The largest absolute Gasteiger partial charge is 0.340 e. The predicted octanol–water partition coefficient (Wildman–Crippen LogP) is 2.84. The SMILES string of the molecule is CCNCc1cnc(N(C)Cc2ccc(C)cc2)nc1C. The van der Waals surface area contributed by atoms with E-state index in [-0.39, 0.29) is 0 Å². The summed E-state index contributed by atoms with van der Waals surface area (Å²) in [6, 6.07) is 8.57. The Bertz CT molecular complexity index is 578. The lowest BCUT2D eigenvalue weighted by Crippen LogP contribution is -2.20. The van der Waals surface area contributed by atoms with Crippen molar-refractivity contribution in [1.29, 1.82) is 0 Å². The maximum absolute atomic E-state index is 4.61. The molecule has 0 atom stereocenters. The van der Waals surface area contributed by atoms with Crippen LogP contribution in [-0.2, 0) is 13.1 Å². The highest BCUT2D eigenvalue weighted by atomic mass is 15.2. The van der Waals surface area contributed by atoms with Gasteiger partial charge in [-0.3, -0.25) is 0 Å². The first-order valence-corrected chi connectivity index (χ1v) is 7.40. The van der Waals surface area contributed by atoms with Gasteiger partial charge in [-0.15, -0.1) is 0 Å². The van der Waals surface area contributed by atoms with Crippen molar-refractivity contribution in [1.82, 2.24) is 15.3 Å². The average molecular weight is 284 g/mol. The summed E-state index contributed by atoms with van der Waals surface area (Å²) >= 11 is 0. The van der Waals surface area contributed by atoms with Gasteiger partial charge in [0.1, 0.15) is 0 Å². The van der Waals surface area contributed by atoms with Crippen LogP contribution in [0.25, 0.3) is 0 Å². The summed E-state index contributed by atoms with van der Waals surface area (Å²) in [5, 5.41) is 3.31. The summed E-state index contributed by atoms with van der Waals surface area (Å²) in [5.41, 5.74) is 4.74. The van der Waals surface area contributed by atoms with E-state index in [0.29, 0.717) is 0 Å². The van der Waals surface area contributed by atoms with E-state index in [1.54, 1.807) is 0 Å². The molecule has 0 aliphatic carbocycles. The molecule has 4 nitrogen and oxygen atoms in total. The Labute approximate surface area is 127 Å². The maximum atomic E-state index is 4.61. The molecule has 2 aromatic rings. The van der Waals surface area contributed by atoms with Crippen molar-refractivity contribution in [3.8, 4) is 0 Å². The fraction of sp³-hybridized carbons (Fsp3) is 0.412. The summed E-state index contributed by atoms with van der Waals surface area (Å²) in [7, 11) is 2.03. The molecule has 1 heterocycles. The number of hydrogen-bond donors (Lipinski definition) is 1. The van der Waals surface area contributed by atoms with Gasteiger partial charge in [-0.1, -0.05) is 36.8 Å². The lowest BCUT2D eigenvalue weighted by Gasteiger charge is -2.18. The van der Waals surface area contributed by atoms with Gasteiger partial charge in [-0.05, 0) is 26.0 Å². The fourth-order valence-corrected chi connectivity index (χ4v) is 2.13. The van der Waals surface area contributed by atoms with Crippen LogP contribution in [0.5, 0.6) is 0 Å². The molecule has 0 unspecified atom stereocenters. The van der Waals surface area contributed by atoms with Crippen molar-refractivity contribution in [3.05, 3.63) is 52.8 Å². The lowest BCUT2D eigenvalue weighted by molar-refractivity contribution is 0.713. The third kappa shape index (κ3) is 4.26. The third-order valence-corrected chi connectivity index (χ3v) is 3.52. The smallest absolute Gasteiger partial charge is 0.225 e. The molecule has 0 aliphatic heterocycles. The van der Waals surface area contributed by atoms with Crippen molar-refractivity contribution in [2.24, 2.45) is 0 Å². The predicted molar refractivity (Wildman–Crippen MR) is 87.4 cm³/mol. The summed E-state index contributed by atoms with van der Waals surface area (Å²) in [6.07, 6.45) is 1.92. The van der Waals surface area contributed by atoms with Crippen LogP contribution in [0.3, 0.4) is 0 Å². The zero-order chi connectivity index (χ0) is 15.2. The van der Waals surface area contributed by atoms with Gasteiger partial charge in [0.05, 0.1) is 0 Å². The van der Waals surface area contributed by atoms with E-state index >= 15 is 0 Å². The molecule has 0 saturated heterocycles. The molecule has 1 aromatic carbocycles. The van der Waals surface area contributed by atoms with Gasteiger partial charge in [-0.25, -0.2) is 9.97 Å². The van der Waals surface area contributed by atoms with Gasteiger partial charge in [0, 0.05) is 37.6 Å². The summed E-state index contributed by atoms with van der Waals surface area (Å²) < 4.78 is 0. The van der Waals surface area contributed by atoms with E-state index in [0.717, 1.165) is 36.8 Å². The zero-order valence-electron chi connectivity index (χ0n) is 13.3. The van der Waals surface area contributed by atoms with E-state index in [4.69, 9.17) is 0 Å². The Morgan fingerprint density at radius 2 is 1.86 bits per heavy atom. The number of benzene rings is 1. The third-order valence-electron chi connectivity index (χ3n) is 3.52. The Morgan fingerprint density at radius 1 is 1.14 bits per heavy atom. The highest BCUT2D eigenvalue weighted by molar-refractivity contribution is 5.34. The Morgan fingerprint density at radius 3 is 2.48 bits per heavy atom. The van der Waals surface area contributed by atoms with Crippen LogP contribution < -0.4 is 10.2 Å². The Balaban J connectivity index is 2.06. The number of anilines is 1. The first-order valence-electron chi connectivity index (χ1n) is 7.40. The topological polar surface area (TPSA) is 41.1 Å². The van der Waals surface area contributed by atoms with Gasteiger partial charge in [0.15, 0.2) is 0 Å². The Kier molecular flexibility index (Phi) is 5.28. The Hall–Kier alpha value is -1.94. The molecular weight excluding hydrogens is 260 g/mol. The number of rotatable bonds is 6. The normalized spacial score (nSPS) is 10.7. The van der Waals surface area contributed by atoms with Crippen LogP contribution in [0.15, 0.2) is 30.5 Å². The average Bonchev–Trinajstić information content (AvgIpc) is 2.48. The van der Waals surface area contributed by atoms with Gasteiger partial charge in [0.2, 0.25) is 5.95 Å². The van der Waals surface area contributed by atoms with Crippen molar-refractivity contribution in [2.75, 3.05) is 18.5 Å². The van der Waals surface area contributed by atoms with Crippen LogP contribution in [0, 0.1) is 13.8 Å². The zero-order valence-corrected chi connectivity index (χ0v) is 13.3. The first-order chi connectivity index (χ1) is 10.1. The van der Waals surface area contributed by atoms with E-state index in [9.17, 15) is 0 Å². The fourth-order valence-electron chi connectivity index (χ4n) is 2.13. The standard InChI is InChI=1S/C17H24N4/c1-5-18-10-16-11-19-17(20-14(16)3)21(4)12-15-8-6-13(2)7-9-15/h6-9,11,18H,5,10,12H2,1-4H3. The van der Waals surface area contributed by atoms with Crippen LogP contribution in [0.1, 0.15) is 29.3 Å². The van der Waals surface area contributed by atoms with Gasteiger partial charge < -0.3 is 10.2 Å². The minimum absolute atomic E-state index is 0.772. The molecule has 0 aliphatic rings. The van der Waals surface area contributed by atoms with E-state index in [1.807, 2.05) is 20.2 Å². The molecule has 0 bridgehead atoms. The number of aryl methyl sites for hydroxylation is 2. The second kappa shape index (κ2) is 7.18. The van der Waals surface area contributed by atoms with Crippen molar-refractivity contribution in [2.45, 2.75) is 33.9 Å². The molecule has 112 valence electrons. The molecule has 0 radical (unpaired) electrons.